The summed E-state index contributed by atoms with van der Waals surface area (Å²) in [7, 11) is 0. The Morgan fingerprint density at radius 1 is 0.889 bits per heavy atom. The van der Waals surface area contributed by atoms with Crippen molar-refractivity contribution in [3.8, 4) is 11.8 Å². The molecule has 0 heterocycles. The Bertz CT molecular complexity index is 541. The zero-order valence-corrected chi connectivity index (χ0v) is 10.8. The van der Waals surface area contributed by atoms with Crippen molar-refractivity contribution in [2.24, 2.45) is 0 Å². The molecule has 0 saturated heterocycles. The van der Waals surface area contributed by atoms with E-state index in [1.165, 1.54) is 16.7 Å². The first-order valence-corrected chi connectivity index (χ1v) is 6.51. The van der Waals surface area contributed by atoms with Crippen LogP contribution in [0.3, 0.4) is 0 Å². The van der Waals surface area contributed by atoms with Gasteiger partial charge in [-0.05, 0) is 23.6 Å². The average molecular weight is 234 g/mol. The van der Waals surface area contributed by atoms with Crippen LogP contribution in [-0.4, -0.2) is 0 Å². The van der Waals surface area contributed by atoms with Gasteiger partial charge in [-0.2, -0.15) is 0 Å². The van der Waals surface area contributed by atoms with Crippen LogP contribution in [0.25, 0.3) is 0 Å². The third kappa shape index (κ3) is 3.50. The van der Waals surface area contributed by atoms with Gasteiger partial charge in [-0.25, -0.2) is 0 Å². The standard InChI is InChI=1S/C18H18/c1-2-9-17-13-6-7-14-18(17)15-8-12-16-10-4-3-5-11-16/h3-7,10-11,13-14H,2,9,12H2,1H3. The van der Waals surface area contributed by atoms with Gasteiger partial charge >= 0.3 is 0 Å². The van der Waals surface area contributed by atoms with Gasteiger partial charge in [-0.1, -0.05) is 73.7 Å². The van der Waals surface area contributed by atoms with E-state index < -0.39 is 0 Å². The van der Waals surface area contributed by atoms with Crippen LogP contribution in [0.2, 0.25) is 0 Å². The molecule has 90 valence electrons. The molecule has 0 fully saturated rings. The normalized spacial score (nSPS) is 9.61. The van der Waals surface area contributed by atoms with Gasteiger partial charge in [0.25, 0.3) is 0 Å². The molecule has 0 aromatic heterocycles. The molecule has 0 atom stereocenters. The quantitative estimate of drug-likeness (QED) is 0.697. The van der Waals surface area contributed by atoms with E-state index in [1.54, 1.807) is 0 Å². The zero-order chi connectivity index (χ0) is 12.6. The Morgan fingerprint density at radius 3 is 2.39 bits per heavy atom. The lowest BCUT2D eigenvalue weighted by Crippen LogP contribution is -1.88. The summed E-state index contributed by atoms with van der Waals surface area (Å²) in [6.45, 7) is 2.20. The first-order chi connectivity index (χ1) is 8.90. The van der Waals surface area contributed by atoms with Crippen molar-refractivity contribution in [1.82, 2.24) is 0 Å². The topological polar surface area (TPSA) is 0 Å². The highest BCUT2D eigenvalue weighted by atomic mass is 14.0. The van der Waals surface area contributed by atoms with Crippen LogP contribution < -0.4 is 0 Å². The molecule has 0 aliphatic rings. The second-order valence-electron chi connectivity index (χ2n) is 4.37. The number of hydrogen-bond acceptors (Lipinski definition) is 0. The van der Waals surface area contributed by atoms with Crippen LogP contribution in [0.4, 0.5) is 0 Å². The molecule has 2 rings (SSSR count). The molecule has 0 radical (unpaired) electrons. The molecule has 2 aromatic carbocycles. The Kier molecular flexibility index (Phi) is 4.61. The largest absolute Gasteiger partial charge is 0.0931 e. The van der Waals surface area contributed by atoms with Crippen molar-refractivity contribution in [2.45, 2.75) is 26.2 Å². The minimum absolute atomic E-state index is 0.821. The van der Waals surface area contributed by atoms with Crippen molar-refractivity contribution < 1.29 is 0 Å². The van der Waals surface area contributed by atoms with Crippen LogP contribution in [0.5, 0.6) is 0 Å². The minimum Gasteiger partial charge on any atom is -0.0931 e. The molecular formula is C18H18. The summed E-state index contributed by atoms with van der Waals surface area (Å²) in [5.41, 5.74) is 3.81. The molecule has 0 bridgehead atoms. The van der Waals surface area contributed by atoms with Gasteiger partial charge in [0.05, 0.1) is 0 Å². The Labute approximate surface area is 110 Å². The van der Waals surface area contributed by atoms with E-state index in [4.69, 9.17) is 0 Å². The monoisotopic (exact) mass is 234 g/mol. The van der Waals surface area contributed by atoms with Gasteiger partial charge in [0.15, 0.2) is 0 Å². The maximum atomic E-state index is 3.30. The van der Waals surface area contributed by atoms with Crippen molar-refractivity contribution in [1.29, 1.82) is 0 Å². The Balaban J connectivity index is 2.10. The van der Waals surface area contributed by atoms with Crippen molar-refractivity contribution in [3.63, 3.8) is 0 Å². The predicted molar refractivity (Wildman–Crippen MR) is 77.5 cm³/mol. The summed E-state index contributed by atoms with van der Waals surface area (Å²) < 4.78 is 0. The zero-order valence-electron chi connectivity index (χ0n) is 10.8. The summed E-state index contributed by atoms with van der Waals surface area (Å²) in [4.78, 5) is 0. The van der Waals surface area contributed by atoms with E-state index >= 15 is 0 Å². The SMILES string of the molecule is CCCc1ccccc1C#CCc1ccccc1. The second-order valence-corrected chi connectivity index (χ2v) is 4.37. The highest BCUT2D eigenvalue weighted by Gasteiger charge is 1.96. The lowest BCUT2D eigenvalue weighted by Gasteiger charge is -2.01. The Hall–Kier alpha value is -2.00. The summed E-state index contributed by atoms with van der Waals surface area (Å²) in [6.07, 6.45) is 3.09. The van der Waals surface area contributed by atoms with Crippen LogP contribution in [0, 0.1) is 11.8 Å². The molecule has 0 N–H and O–H groups in total. The summed E-state index contributed by atoms with van der Waals surface area (Å²) in [5.74, 6) is 6.56. The lowest BCUT2D eigenvalue weighted by molar-refractivity contribution is 0.919. The van der Waals surface area contributed by atoms with Crippen molar-refractivity contribution in [2.75, 3.05) is 0 Å². The van der Waals surface area contributed by atoms with E-state index in [0.717, 1.165) is 19.3 Å². The van der Waals surface area contributed by atoms with Gasteiger partial charge < -0.3 is 0 Å². The maximum Gasteiger partial charge on any atom is 0.0344 e. The molecule has 2 aromatic rings. The third-order valence-electron chi connectivity index (χ3n) is 2.90. The van der Waals surface area contributed by atoms with Crippen molar-refractivity contribution >= 4 is 0 Å². The summed E-state index contributed by atoms with van der Waals surface area (Å²) in [5, 5.41) is 0. The predicted octanol–water partition coefficient (Wildman–Crippen LogP) is 4.23. The first kappa shape index (κ1) is 12.5. The van der Waals surface area contributed by atoms with E-state index in [1.807, 2.05) is 6.07 Å². The molecule has 0 amide bonds. The van der Waals surface area contributed by atoms with E-state index in [-0.39, 0.29) is 0 Å². The van der Waals surface area contributed by atoms with Crippen LogP contribution >= 0.6 is 0 Å². The lowest BCUT2D eigenvalue weighted by atomic mass is 10.0. The molecule has 0 nitrogen and oxygen atoms in total. The molecular weight excluding hydrogens is 216 g/mol. The minimum atomic E-state index is 0.821. The molecule has 0 heteroatoms. The molecule has 0 aliphatic carbocycles. The smallest absolute Gasteiger partial charge is 0.0344 e. The molecule has 0 saturated carbocycles. The van der Waals surface area contributed by atoms with Gasteiger partial charge in [-0.15, -0.1) is 0 Å². The number of benzene rings is 2. The number of hydrogen-bond donors (Lipinski definition) is 0. The fraction of sp³-hybridized carbons (Fsp3) is 0.222. The second kappa shape index (κ2) is 6.67. The summed E-state index contributed by atoms with van der Waals surface area (Å²) in [6, 6.07) is 18.8. The average Bonchev–Trinajstić information content (AvgIpc) is 2.42. The van der Waals surface area contributed by atoms with Gasteiger partial charge in [0.1, 0.15) is 0 Å². The van der Waals surface area contributed by atoms with Crippen LogP contribution in [-0.2, 0) is 12.8 Å². The third-order valence-corrected chi connectivity index (χ3v) is 2.90. The van der Waals surface area contributed by atoms with Gasteiger partial charge in [0.2, 0.25) is 0 Å². The van der Waals surface area contributed by atoms with Gasteiger partial charge in [-0.3, -0.25) is 0 Å². The highest BCUT2D eigenvalue weighted by Crippen LogP contribution is 2.09. The van der Waals surface area contributed by atoms with E-state index in [9.17, 15) is 0 Å². The van der Waals surface area contributed by atoms with Crippen LogP contribution in [0.1, 0.15) is 30.0 Å². The molecule has 0 spiro atoms. The first-order valence-electron chi connectivity index (χ1n) is 6.51. The molecule has 0 aliphatic heterocycles. The fourth-order valence-corrected chi connectivity index (χ4v) is 1.97. The van der Waals surface area contributed by atoms with Gasteiger partial charge in [0, 0.05) is 12.0 Å². The molecule has 18 heavy (non-hydrogen) atoms. The van der Waals surface area contributed by atoms with E-state index in [0.29, 0.717) is 0 Å². The van der Waals surface area contributed by atoms with Crippen molar-refractivity contribution in [3.05, 3.63) is 71.3 Å². The highest BCUT2D eigenvalue weighted by molar-refractivity contribution is 5.42. The summed E-state index contributed by atoms with van der Waals surface area (Å²) >= 11 is 0. The van der Waals surface area contributed by atoms with E-state index in [2.05, 4.69) is 67.3 Å². The number of rotatable bonds is 3. The number of aryl methyl sites for hydroxylation is 1. The maximum absolute atomic E-state index is 3.30. The molecule has 0 unspecified atom stereocenters. The van der Waals surface area contributed by atoms with Crippen LogP contribution in [0.15, 0.2) is 54.6 Å². The fourth-order valence-electron chi connectivity index (χ4n) is 1.97. The Morgan fingerprint density at radius 2 is 1.61 bits per heavy atom.